The normalized spacial score (nSPS) is 25.7. The van der Waals surface area contributed by atoms with Gasteiger partial charge in [0.25, 0.3) is 0 Å². The molecule has 4 nitrogen and oxygen atoms in total. The molecule has 92 valence electrons. The minimum absolute atomic E-state index is 0.0752. The summed E-state index contributed by atoms with van der Waals surface area (Å²) in [5.41, 5.74) is 0.685. The molecule has 0 amide bonds. The van der Waals surface area contributed by atoms with E-state index in [2.05, 4.69) is 0 Å². The summed E-state index contributed by atoms with van der Waals surface area (Å²) in [5.74, 6) is -0.790. The maximum atomic E-state index is 10.7. The van der Waals surface area contributed by atoms with E-state index >= 15 is 0 Å². The van der Waals surface area contributed by atoms with Crippen LogP contribution in [0, 0.1) is 0 Å². The molecule has 17 heavy (non-hydrogen) atoms. The van der Waals surface area contributed by atoms with Gasteiger partial charge in [0.1, 0.15) is 5.60 Å². The molecule has 1 aromatic rings. The molecule has 0 spiro atoms. The van der Waals surface area contributed by atoms with E-state index in [-0.39, 0.29) is 6.54 Å². The Labute approximate surface area is 101 Å². The first-order valence-corrected chi connectivity index (χ1v) is 5.74. The van der Waals surface area contributed by atoms with Gasteiger partial charge in [-0.15, -0.1) is 0 Å². The lowest BCUT2D eigenvalue weighted by molar-refractivity contribution is -0.144. The van der Waals surface area contributed by atoms with E-state index in [0.717, 1.165) is 5.56 Å². The molecule has 1 aliphatic rings. The summed E-state index contributed by atoms with van der Waals surface area (Å²) in [6, 6.07) is 9.94. The lowest BCUT2D eigenvalue weighted by atomic mass is 9.94. The highest BCUT2D eigenvalue weighted by Gasteiger charge is 2.34. The molecule has 1 aromatic carbocycles. The monoisotopic (exact) mass is 235 g/mol. The number of rotatable bonds is 3. The second-order valence-electron chi connectivity index (χ2n) is 4.55. The molecule has 0 saturated carbocycles. The third-order valence-corrected chi connectivity index (χ3v) is 3.10. The quantitative estimate of drug-likeness (QED) is 0.858. The Bertz CT molecular complexity index is 393. The first kappa shape index (κ1) is 12.1. The third kappa shape index (κ3) is 2.84. The molecule has 0 aromatic heterocycles. The van der Waals surface area contributed by atoms with Crippen LogP contribution in [0.2, 0.25) is 0 Å². The lowest BCUT2D eigenvalue weighted by Crippen LogP contribution is -2.49. The van der Waals surface area contributed by atoms with Crippen molar-refractivity contribution in [3.05, 3.63) is 35.9 Å². The van der Waals surface area contributed by atoms with Gasteiger partial charge in [-0.25, -0.2) is 0 Å². The van der Waals surface area contributed by atoms with Crippen LogP contribution in [0.5, 0.6) is 0 Å². The van der Waals surface area contributed by atoms with Gasteiger partial charge in [0.15, 0.2) is 0 Å². The van der Waals surface area contributed by atoms with E-state index < -0.39 is 11.6 Å². The summed E-state index contributed by atoms with van der Waals surface area (Å²) >= 11 is 0. The van der Waals surface area contributed by atoms with Gasteiger partial charge in [0, 0.05) is 13.1 Å². The van der Waals surface area contributed by atoms with Gasteiger partial charge in [0.2, 0.25) is 0 Å². The molecule has 1 aliphatic heterocycles. The maximum absolute atomic E-state index is 10.7. The Morgan fingerprint density at radius 1 is 1.47 bits per heavy atom. The number of aliphatic carboxylic acids is 1. The van der Waals surface area contributed by atoms with Crippen molar-refractivity contribution >= 4 is 5.97 Å². The average molecular weight is 235 g/mol. The number of hydrogen-bond acceptors (Lipinski definition) is 3. The zero-order valence-corrected chi connectivity index (χ0v) is 9.93. The average Bonchev–Trinajstić information content (AvgIpc) is 2.29. The molecule has 0 aliphatic carbocycles. The van der Waals surface area contributed by atoms with Gasteiger partial charge in [-0.3, -0.25) is 9.69 Å². The van der Waals surface area contributed by atoms with Crippen molar-refractivity contribution in [3.8, 4) is 0 Å². The van der Waals surface area contributed by atoms with Crippen molar-refractivity contribution in [2.45, 2.75) is 12.5 Å². The Balaban J connectivity index is 2.12. The molecule has 1 atom stereocenters. The summed E-state index contributed by atoms with van der Waals surface area (Å²) < 4.78 is 5.83. The summed E-state index contributed by atoms with van der Waals surface area (Å²) in [6.45, 7) is 3.94. The van der Waals surface area contributed by atoms with Crippen LogP contribution in [0.15, 0.2) is 30.3 Å². The molecule has 1 unspecified atom stereocenters. The van der Waals surface area contributed by atoms with Crippen LogP contribution in [0.25, 0.3) is 0 Å². The van der Waals surface area contributed by atoms with Crippen LogP contribution in [0.4, 0.5) is 0 Å². The first-order valence-electron chi connectivity index (χ1n) is 5.74. The van der Waals surface area contributed by atoms with Gasteiger partial charge < -0.3 is 9.84 Å². The summed E-state index contributed by atoms with van der Waals surface area (Å²) in [5, 5.41) is 8.82. The van der Waals surface area contributed by atoms with Crippen molar-refractivity contribution in [1.82, 2.24) is 4.90 Å². The SMILES string of the molecule is CC1(c2ccccc2)CN(CC(=O)O)CCO1. The summed E-state index contributed by atoms with van der Waals surface area (Å²) in [4.78, 5) is 12.6. The second-order valence-corrected chi connectivity index (χ2v) is 4.55. The molecule has 1 heterocycles. The highest BCUT2D eigenvalue weighted by molar-refractivity contribution is 5.69. The van der Waals surface area contributed by atoms with Crippen molar-refractivity contribution in [2.24, 2.45) is 0 Å². The van der Waals surface area contributed by atoms with E-state index in [9.17, 15) is 4.79 Å². The van der Waals surface area contributed by atoms with Gasteiger partial charge in [0.05, 0.1) is 13.2 Å². The Morgan fingerprint density at radius 2 is 2.18 bits per heavy atom. The Kier molecular flexibility index (Phi) is 3.45. The maximum Gasteiger partial charge on any atom is 0.317 e. The predicted molar refractivity (Wildman–Crippen MR) is 63.8 cm³/mol. The topological polar surface area (TPSA) is 49.8 Å². The van der Waals surface area contributed by atoms with E-state index in [1.807, 2.05) is 42.2 Å². The van der Waals surface area contributed by atoms with Gasteiger partial charge in [-0.2, -0.15) is 0 Å². The molecule has 4 heteroatoms. The van der Waals surface area contributed by atoms with E-state index in [4.69, 9.17) is 9.84 Å². The van der Waals surface area contributed by atoms with Crippen LogP contribution in [-0.2, 0) is 15.1 Å². The van der Waals surface area contributed by atoms with Crippen molar-refractivity contribution < 1.29 is 14.6 Å². The predicted octanol–water partition coefficient (Wildman–Crippen LogP) is 1.32. The zero-order valence-electron chi connectivity index (χ0n) is 9.93. The van der Waals surface area contributed by atoms with E-state index in [0.29, 0.717) is 19.7 Å². The molecule has 0 radical (unpaired) electrons. The van der Waals surface area contributed by atoms with E-state index in [1.165, 1.54) is 0 Å². The number of hydrogen-bond donors (Lipinski definition) is 1. The molecule has 0 bridgehead atoms. The number of carbonyl (C=O) groups is 1. The van der Waals surface area contributed by atoms with E-state index in [1.54, 1.807) is 0 Å². The van der Waals surface area contributed by atoms with Crippen molar-refractivity contribution in [1.29, 1.82) is 0 Å². The molecule has 1 saturated heterocycles. The molecule has 1 fully saturated rings. The van der Waals surface area contributed by atoms with Gasteiger partial charge in [-0.05, 0) is 12.5 Å². The Hall–Kier alpha value is -1.39. The number of carboxylic acids is 1. The summed E-state index contributed by atoms with van der Waals surface area (Å²) in [7, 11) is 0. The third-order valence-electron chi connectivity index (χ3n) is 3.10. The van der Waals surface area contributed by atoms with Crippen molar-refractivity contribution in [3.63, 3.8) is 0 Å². The fourth-order valence-corrected chi connectivity index (χ4v) is 2.24. The van der Waals surface area contributed by atoms with Crippen molar-refractivity contribution in [2.75, 3.05) is 26.2 Å². The number of benzene rings is 1. The fraction of sp³-hybridized carbons (Fsp3) is 0.462. The molecular formula is C13H17NO3. The van der Waals surface area contributed by atoms with Crippen LogP contribution in [-0.4, -0.2) is 42.2 Å². The number of ether oxygens (including phenoxy) is 1. The first-order chi connectivity index (χ1) is 8.10. The second kappa shape index (κ2) is 4.85. The molecular weight excluding hydrogens is 218 g/mol. The number of nitrogens with zero attached hydrogens (tertiary/aromatic N) is 1. The van der Waals surface area contributed by atoms with Crippen LogP contribution in [0.3, 0.4) is 0 Å². The molecule has 1 N–H and O–H groups in total. The number of carboxylic acid groups (broad SMARTS) is 1. The standard InChI is InChI=1S/C13H17NO3/c1-13(11-5-3-2-4-6-11)10-14(7-8-17-13)9-12(15)16/h2-6H,7-10H2,1H3,(H,15,16). The fourth-order valence-electron chi connectivity index (χ4n) is 2.24. The molecule has 2 rings (SSSR count). The minimum atomic E-state index is -0.790. The van der Waals surface area contributed by atoms with Crippen LogP contribution >= 0.6 is 0 Å². The number of morpholine rings is 1. The highest BCUT2D eigenvalue weighted by atomic mass is 16.5. The smallest absolute Gasteiger partial charge is 0.317 e. The van der Waals surface area contributed by atoms with Crippen LogP contribution < -0.4 is 0 Å². The summed E-state index contributed by atoms with van der Waals surface area (Å²) in [6.07, 6.45) is 0. The lowest BCUT2D eigenvalue weighted by Gasteiger charge is -2.40. The van der Waals surface area contributed by atoms with Gasteiger partial charge >= 0.3 is 5.97 Å². The highest BCUT2D eigenvalue weighted by Crippen LogP contribution is 2.28. The minimum Gasteiger partial charge on any atom is -0.480 e. The largest absolute Gasteiger partial charge is 0.480 e. The van der Waals surface area contributed by atoms with Crippen LogP contribution in [0.1, 0.15) is 12.5 Å². The van der Waals surface area contributed by atoms with Gasteiger partial charge in [-0.1, -0.05) is 30.3 Å². The zero-order chi connectivity index (χ0) is 12.3. The Morgan fingerprint density at radius 3 is 2.82 bits per heavy atom.